The molecule has 0 saturated heterocycles. The van der Waals surface area contributed by atoms with Crippen molar-refractivity contribution in [1.29, 1.82) is 0 Å². The first kappa shape index (κ1) is 15.6. The molecule has 19 heavy (non-hydrogen) atoms. The third-order valence-electron chi connectivity index (χ3n) is 2.56. The van der Waals surface area contributed by atoms with E-state index in [-0.39, 0.29) is 6.42 Å². The summed E-state index contributed by atoms with van der Waals surface area (Å²) in [6.07, 6.45) is 0.174. The molecule has 0 aromatic heterocycles. The Balaban J connectivity index is 2.84. The van der Waals surface area contributed by atoms with Crippen LogP contribution in [0, 0.1) is 0 Å². The van der Waals surface area contributed by atoms with Crippen molar-refractivity contribution < 1.29 is 22.5 Å². The van der Waals surface area contributed by atoms with Crippen molar-refractivity contribution in [2.45, 2.75) is 25.1 Å². The number of carboxylic acids is 1. The summed E-state index contributed by atoms with van der Waals surface area (Å²) >= 11 is 0. The standard InChI is InChI=1S/C11H16N2O5S/c1-11(13,18-19(16)17)8-4-2-7(3-5-8)6-9(12)10(14)15/h2-5,9,19H,6,12-13H2,1H3,(H,14,15)/t9-,11?/m0/s1. The average molecular weight is 288 g/mol. The average Bonchev–Trinajstić information content (AvgIpc) is 2.27. The second kappa shape index (κ2) is 6.11. The van der Waals surface area contributed by atoms with Gasteiger partial charge in [-0.15, -0.1) is 0 Å². The molecule has 0 spiro atoms. The molecule has 1 aromatic carbocycles. The van der Waals surface area contributed by atoms with E-state index in [2.05, 4.69) is 4.18 Å². The maximum absolute atomic E-state index is 10.6. The molecule has 0 saturated carbocycles. The SMILES string of the molecule is CC(N)(O[SH](=O)=O)c1ccc(C[C@H](N)C(=O)O)cc1. The van der Waals surface area contributed by atoms with Crippen LogP contribution < -0.4 is 11.5 Å². The Bertz CT molecular complexity index is 516. The number of carbonyl (C=O) groups is 1. The maximum atomic E-state index is 10.6. The molecule has 0 heterocycles. The largest absolute Gasteiger partial charge is 0.480 e. The van der Waals surface area contributed by atoms with E-state index in [1.807, 2.05) is 0 Å². The third-order valence-corrected chi connectivity index (χ3v) is 3.09. The molecule has 0 aliphatic rings. The fourth-order valence-electron chi connectivity index (χ4n) is 1.52. The molecule has 1 aromatic rings. The Morgan fingerprint density at radius 1 is 1.42 bits per heavy atom. The van der Waals surface area contributed by atoms with Gasteiger partial charge in [-0.05, 0) is 24.5 Å². The second-order valence-corrected chi connectivity index (χ2v) is 4.90. The predicted molar refractivity (Wildman–Crippen MR) is 68.7 cm³/mol. The van der Waals surface area contributed by atoms with E-state index in [1.165, 1.54) is 6.92 Å². The zero-order chi connectivity index (χ0) is 14.6. The minimum Gasteiger partial charge on any atom is -0.480 e. The van der Waals surface area contributed by atoms with Crippen LogP contribution in [0.3, 0.4) is 0 Å². The van der Waals surface area contributed by atoms with Gasteiger partial charge >= 0.3 is 5.97 Å². The number of rotatable bonds is 6. The highest BCUT2D eigenvalue weighted by Crippen LogP contribution is 2.20. The van der Waals surface area contributed by atoms with Crippen LogP contribution >= 0.6 is 0 Å². The van der Waals surface area contributed by atoms with Gasteiger partial charge in [0.25, 0.3) is 11.0 Å². The molecule has 0 aliphatic heterocycles. The minimum atomic E-state index is -3.07. The van der Waals surface area contributed by atoms with Gasteiger partial charge in [0, 0.05) is 0 Å². The van der Waals surface area contributed by atoms with Crippen molar-refractivity contribution in [3.63, 3.8) is 0 Å². The van der Waals surface area contributed by atoms with Gasteiger partial charge in [0.1, 0.15) is 6.04 Å². The zero-order valence-electron chi connectivity index (χ0n) is 10.3. The van der Waals surface area contributed by atoms with Crippen LogP contribution in [0.15, 0.2) is 24.3 Å². The lowest BCUT2D eigenvalue weighted by Crippen LogP contribution is -2.36. The van der Waals surface area contributed by atoms with Gasteiger partial charge in [-0.3, -0.25) is 10.5 Å². The lowest BCUT2D eigenvalue weighted by atomic mass is 10.0. The molecular formula is C11H16N2O5S. The van der Waals surface area contributed by atoms with E-state index in [4.69, 9.17) is 16.6 Å². The summed E-state index contributed by atoms with van der Waals surface area (Å²) in [5.41, 5.74) is 10.8. The molecule has 0 amide bonds. The molecule has 5 N–H and O–H groups in total. The number of benzene rings is 1. The van der Waals surface area contributed by atoms with Crippen LogP contribution in [0.2, 0.25) is 0 Å². The van der Waals surface area contributed by atoms with Crippen LogP contribution in [-0.2, 0) is 32.1 Å². The van der Waals surface area contributed by atoms with Crippen molar-refractivity contribution in [2.24, 2.45) is 11.5 Å². The van der Waals surface area contributed by atoms with Crippen molar-refractivity contribution in [2.75, 3.05) is 0 Å². The van der Waals surface area contributed by atoms with Gasteiger partial charge in [-0.1, -0.05) is 24.3 Å². The van der Waals surface area contributed by atoms with E-state index in [1.54, 1.807) is 24.3 Å². The molecule has 0 bridgehead atoms. The predicted octanol–water partition coefficient (Wildman–Crippen LogP) is -0.685. The highest BCUT2D eigenvalue weighted by molar-refractivity contribution is 7.67. The number of aliphatic carboxylic acids is 1. The monoisotopic (exact) mass is 288 g/mol. The molecule has 7 nitrogen and oxygen atoms in total. The van der Waals surface area contributed by atoms with E-state index in [9.17, 15) is 13.2 Å². The second-order valence-electron chi connectivity index (χ2n) is 4.27. The van der Waals surface area contributed by atoms with Crippen LogP contribution in [0.25, 0.3) is 0 Å². The zero-order valence-corrected chi connectivity index (χ0v) is 11.2. The van der Waals surface area contributed by atoms with Crippen molar-refractivity contribution in [3.05, 3.63) is 35.4 Å². The maximum Gasteiger partial charge on any atom is 0.320 e. The Labute approximate surface area is 112 Å². The van der Waals surface area contributed by atoms with Gasteiger partial charge in [-0.2, -0.15) is 0 Å². The van der Waals surface area contributed by atoms with E-state index in [0.717, 1.165) is 0 Å². The fourth-order valence-corrected chi connectivity index (χ4v) is 1.94. The van der Waals surface area contributed by atoms with Gasteiger partial charge < -0.3 is 10.8 Å². The fraction of sp³-hybridized carbons (Fsp3) is 0.364. The number of hydrogen-bond donors (Lipinski definition) is 4. The number of hydrogen-bond acceptors (Lipinski definition) is 6. The molecule has 2 atom stereocenters. The molecule has 106 valence electrons. The van der Waals surface area contributed by atoms with E-state index < -0.39 is 28.7 Å². The smallest absolute Gasteiger partial charge is 0.320 e. The first-order chi connectivity index (χ1) is 8.72. The van der Waals surface area contributed by atoms with Crippen LogP contribution in [0.4, 0.5) is 0 Å². The normalized spacial score (nSPS) is 16.0. The third kappa shape index (κ3) is 4.60. The highest BCUT2D eigenvalue weighted by Gasteiger charge is 2.23. The quantitative estimate of drug-likeness (QED) is 0.402. The topological polar surface area (TPSA) is 133 Å². The lowest BCUT2D eigenvalue weighted by molar-refractivity contribution is -0.138. The van der Waals surface area contributed by atoms with Gasteiger partial charge in [-0.25, -0.2) is 12.6 Å². The molecular weight excluding hydrogens is 272 g/mol. The first-order valence-corrected chi connectivity index (χ1v) is 6.52. The summed E-state index contributed by atoms with van der Waals surface area (Å²) in [6, 6.07) is 5.42. The molecule has 1 rings (SSSR count). The molecule has 1 unspecified atom stereocenters. The first-order valence-electron chi connectivity index (χ1n) is 5.42. The molecule has 0 fully saturated rings. The van der Waals surface area contributed by atoms with Crippen LogP contribution in [0.1, 0.15) is 18.1 Å². The van der Waals surface area contributed by atoms with E-state index >= 15 is 0 Å². The summed E-state index contributed by atoms with van der Waals surface area (Å²) < 4.78 is 25.7. The van der Waals surface area contributed by atoms with Crippen LogP contribution in [0.5, 0.6) is 0 Å². The Hall–Kier alpha value is -1.48. The Kier molecular flexibility index (Phi) is 5.01. The highest BCUT2D eigenvalue weighted by atomic mass is 32.2. The van der Waals surface area contributed by atoms with Crippen molar-refractivity contribution in [1.82, 2.24) is 0 Å². The summed E-state index contributed by atoms with van der Waals surface area (Å²) in [4.78, 5) is 10.6. The number of thiol groups is 1. The van der Waals surface area contributed by atoms with Gasteiger partial charge in [0.05, 0.1) is 0 Å². The van der Waals surface area contributed by atoms with Crippen molar-refractivity contribution >= 4 is 17.0 Å². The summed E-state index contributed by atoms with van der Waals surface area (Å²) in [5.74, 6) is -1.08. The number of nitrogens with two attached hydrogens (primary N) is 2. The van der Waals surface area contributed by atoms with Crippen molar-refractivity contribution in [3.8, 4) is 0 Å². The molecule has 0 radical (unpaired) electrons. The summed E-state index contributed by atoms with van der Waals surface area (Å²) in [7, 11) is -3.07. The molecule has 8 heteroatoms. The Morgan fingerprint density at radius 3 is 2.37 bits per heavy atom. The van der Waals surface area contributed by atoms with Gasteiger partial charge in [0.2, 0.25) is 0 Å². The number of carboxylic acid groups (broad SMARTS) is 1. The van der Waals surface area contributed by atoms with Gasteiger partial charge in [0.15, 0.2) is 5.72 Å². The van der Waals surface area contributed by atoms with Crippen LogP contribution in [-0.4, -0.2) is 25.5 Å². The van der Waals surface area contributed by atoms with E-state index in [0.29, 0.717) is 11.1 Å². The lowest BCUT2D eigenvalue weighted by Gasteiger charge is -2.22. The minimum absolute atomic E-state index is 0.174. The summed E-state index contributed by atoms with van der Waals surface area (Å²) in [6.45, 7) is 1.41. The summed E-state index contributed by atoms with van der Waals surface area (Å²) in [5, 5.41) is 8.69. The Morgan fingerprint density at radius 2 is 1.95 bits per heavy atom. The molecule has 0 aliphatic carbocycles.